The molecule has 0 fully saturated rings. The van der Waals surface area contributed by atoms with Crippen molar-refractivity contribution in [3.63, 3.8) is 0 Å². The Labute approximate surface area is 239 Å². The molecule has 41 heavy (non-hydrogen) atoms. The van der Waals surface area contributed by atoms with Gasteiger partial charge in [0.25, 0.3) is 0 Å². The highest BCUT2D eigenvalue weighted by molar-refractivity contribution is 6.12. The Morgan fingerprint density at radius 2 is 1.20 bits per heavy atom. The molecule has 0 spiro atoms. The van der Waals surface area contributed by atoms with E-state index < -0.39 is 0 Å². The van der Waals surface area contributed by atoms with Crippen LogP contribution < -0.4 is 0 Å². The van der Waals surface area contributed by atoms with Crippen LogP contribution >= 0.6 is 0 Å². The minimum atomic E-state index is 1.05. The Morgan fingerprint density at radius 3 is 1.95 bits per heavy atom. The summed E-state index contributed by atoms with van der Waals surface area (Å²) < 4.78 is 2.39. The molecule has 8 aromatic rings. The highest BCUT2D eigenvalue weighted by atomic mass is 15.0. The first kappa shape index (κ1) is 23.7. The lowest BCUT2D eigenvalue weighted by Gasteiger charge is -2.18. The van der Waals surface area contributed by atoms with Crippen molar-refractivity contribution in [1.82, 2.24) is 9.55 Å². The van der Waals surface area contributed by atoms with Gasteiger partial charge in [0.2, 0.25) is 0 Å². The first-order valence-corrected chi connectivity index (χ1v) is 14.2. The maximum Gasteiger partial charge on any atom is 0.0794 e. The summed E-state index contributed by atoms with van der Waals surface area (Å²) in [4.78, 5) is 5.37. The molecule has 0 atom stereocenters. The summed E-state index contributed by atoms with van der Waals surface area (Å²) in [5.74, 6) is 0. The Bertz CT molecular complexity index is 2230. The van der Waals surface area contributed by atoms with Crippen LogP contribution in [0.2, 0.25) is 0 Å². The largest absolute Gasteiger partial charge is 0.309 e. The van der Waals surface area contributed by atoms with Gasteiger partial charge in [0.1, 0.15) is 0 Å². The van der Waals surface area contributed by atoms with Gasteiger partial charge in [-0.2, -0.15) is 0 Å². The molecule has 2 nitrogen and oxygen atoms in total. The second kappa shape index (κ2) is 9.18. The third kappa shape index (κ3) is 3.61. The normalized spacial score (nSPS) is 11.7. The van der Waals surface area contributed by atoms with Crippen LogP contribution in [0.4, 0.5) is 0 Å². The van der Waals surface area contributed by atoms with Crippen molar-refractivity contribution in [2.45, 2.75) is 13.8 Å². The van der Waals surface area contributed by atoms with Crippen molar-refractivity contribution < 1.29 is 0 Å². The molecule has 0 unspecified atom stereocenters. The summed E-state index contributed by atoms with van der Waals surface area (Å²) in [7, 11) is 0. The first-order valence-electron chi connectivity index (χ1n) is 14.2. The van der Waals surface area contributed by atoms with Crippen LogP contribution in [0.15, 0.2) is 133 Å². The van der Waals surface area contributed by atoms with E-state index in [0.29, 0.717) is 0 Å². The first-order chi connectivity index (χ1) is 20.2. The molecular weight excluding hydrogens is 496 g/mol. The maximum absolute atomic E-state index is 5.37. The van der Waals surface area contributed by atoms with Gasteiger partial charge in [0.15, 0.2) is 0 Å². The maximum atomic E-state index is 5.37. The van der Waals surface area contributed by atoms with Gasteiger partial charge in [-0.3, -0.25) is 0 Å². The predicted molar refractivity (Wildman–Crippen MR) is 174 cm³/mol. The predicted octanol–water partition coefficient (Wildman–Crippen LogP) is 10.4. The zero-order chi connectivity index (χ0) is 27.5. The average molecular weight is 525 g/mol. The number of pyridine rings is 1. The number of rotatable bonds is 3. The van der Waals surface area contributed by atoms with Crippen LogP contribution in [0.1, 0.15) is 11.1 Å². The minimum Gasteiger partial charge on any atom is -0.309 e. The van der Waals surface area contributed by atoms with E-state index in [0.717, 1.165) is 16.9 Å². The van der Waals surface area contributed by atoms with E-state index in [9.17, 15) is 0 Å². The Kier molecular flexibility index (Phi) is 5.30. The van der Waals surface area contributed by atoms with Crippen molar-refractivity contribution in [2.24, 2.45) is 0 Å². The molecule has 2 heterocycles. The number of nitrogens with zero attached hydrogens (tertiary/aromatic N) is 2. The van der Waals surface area contributed by atoms with Crippen LogP contribution in [0.3, 0.4) is 0 Å². The summed E-state index contributed by atoms with van der Waals surface area (Å²) in [5.41, 5.74) is 11.7. The Balaban J connectivity index is 1.46. The molecule has 0 saturated carbocycles. The zero-order valence-electron chi connectivity index (χ0n) is 23.1. The number of aromatic nitrogens is 2. The molecule has 0 aliphatic carbocycles. The lowest BCUT2D eigenvalue weighted by atomic mass is 9.90. The van der Waals surface area contributed by atoms with Crippen LogP contribution in [-0.2, 0) is 0 Å². The second-order valence-corrected chi connectivity index (χ2v) is 10.9. The molecule has 0 aliphatic heterocycles. The number of hydrogen-bond acceptors (Lipinski definition) is 1. The third-order valence-electron chi connectivity index (χ3n) is 8.50. The van der Waals surface area contributed by atoms with E-state index in [4.69, 9.17) is 4.98 Å². The molecule has 0 N–H and O–H groups in total. The number of benzene rings is 6. The summed E-state index contributed by atoms with van der Waals surface area (Å²) in [6, 6.07) is 48.0. The van der Waals surface area contributed by atoms with Crippen LogP contribution in [0.5, 0.6) is 0 Å². The van der Waals surface area contributed by atoms with Crippen LogP contribution in [0, 0.1) is 13.8 Å². The lowest BCUT2D eigenvalue weighted by Crippen LogP contribution is -1.99. The van der Waals surface area contributed by atoms with E-state index in [1.165, 1.54) is 65.8 Å². The van der Waals surface area contributed by atoms with E-state index in [1.54, 1.807) is 0 Å². The van der Waals surface area contributed by atoms with E-state index in [1.807, 2.05) is 0 Å². The standard InChI is InChI=1S/C39H28N2/c1-25-12-3-5-16-30(25)38-26(2)37(34-23-22-27-13-4-6-17-31(27)39(34)40-38)28-14-11-15-29(24-28)41-35-20-9-7-18-32(35)33-19-8-10-21-36(33)41/h3-24H,1-2H3. The fraction of sp³-hybridized carbons (Fsp3) is 0.0513. The third-order valence-corrected chi connectivity index (χ3v) is 8.50. The van der Waals surface area contributed by atoms with Crippen molar-refractivity contribution in [2.75, 3.05) is 0 Å². The summed E-state index contributed by atoms with van der Waals surface area (Å²) in [6.45, 7) is 4.40. The Morgan fingerprint density at radius 1 is 0.537 bits per heavy atom. The molecule has 0 aliphatic rings. The molecular formula is C39H28N2. The van der Waals surface area contributed by atoms with Gasteiger partial charge in [-0.25, -0.2) is 4.98 Å². The molecule has 0 amide bonds. The summed E-state index contributed by atoms with van der Waals surface area (Å²) >= 11 is 0. The van der Waals surface area contributed by atoms with Gasteiger partial charge >= 0.3 is 0 Å². The van der Waals surface area contributed by atoms with E-state index >= 15 is 0 Å². The SMILES string of the molecule is Cc1ccccc1-c1nc2c(ccc3ccccc32)c(-c2cccc(-n3c4ccccc4c4ccccc43)c2)c1C. The molecule has 0 bridgehead atoms. The van der Waals surface area contributed by atoms with Gasteiger partial charge in [-0.1, -0.05) is 109 Å². The number of para-hydroxylation sites is 2. The molecule has 194 valence electrons. The number of hydrogen-bond donors (Lipinski definition) is 0. The van der Waals surface area contributed by atoms with E-state index in [-0.39, 0.29) is 0 Å². The van der Waals surface area contributed by atoms with Crippen molar-refractivity contribution in [3.05, 3.63) is 145 Å². The molecule has 0 radical (unpaired) electrons. The second-order valence-electron chi connectivity index (χ2n) is 10.9. The highest BCUT2D eigenvalue weighted by Crippen LogP contribution is 2.41. The van der Waals surface area contributed by atoms with Gasteiger partial charge in [-0.15, -0.1) is 0 Å². The average Bonchev–Trinajstić information content (AvgIpc) is 3.35. The monoisotopic (exact) mass is 524 g/mol. The van der Waals surface area contributed by atoms with Crippen molar-refractivity contribution >= 4 is 43.5 Å². The van der Waals surface area contributed by atoms with E-state index in [2.05, 4.69) is 152 Å². The fourth-order valence-corrected chi connectivity index (χ4v) is 6.57. The quantitative estimate of drug-likeness (QED) is 0.210. The summed E-state index contributed by atoms with van der Waals surface area (Å²) in [5, 5.41) is 6.11. The highest BCUT2D eigenvalue weighted by Gasteiger charge is 2.19. The fourth-order valence-electron chi connectivity index (χ4n) is 6.57. The molecule has 0 saturated heterocycles. The zero-order valence-corrected chi connectivity index (χ0v) is 23.1. The van der Waals surface area contributed by atoms with Gasteiger partial charge in [0, 0.05) is 32.8 Å². The summed E-state index contributed by atoms with van der Waals surface area (Å²) in [6.07, 6.45) is 0. The Hall–Kier alpha value is -5.21. The number of aryl methyl sites for hydroxylation is 1. The smallest absolute Gasteiger partial charge is 0.0794 e. The molecule has 8 rings (SSSR count). The molecule has 6 aromatic carbocycles. The molecule has 2 aromatic heterocycles. The van der Waals surface area contributed by atoms with Crippen molar-refractivity contribution in [1.29, 1.82) is 0 Å². The van der Waals surface area contributed by atoms with Crippen molar-refractivity contribution in [3.8, 4) is 28.1 Å². The van der Waals surface area contributed by atoms with Gasteiger partial charge in [-0.05, 0) is 65.8 Å². The van der Waals surface area contributed by atoms with Crippen LogP contribution in [-0.4, -0.2) is 9.55 Å². The van der Waals surface area contributed by atoms with Crippen LogP contribution in [0.25, 0.3) is 71.6 Å². The number of fused-ring (bicyclic) bond motifs is 6. The molecule has 2 heteroatoms. The van der Waals surface area contributed by atoms with Gasteiger partial charge in [0.05, 0.1) is 22.2 Å². The minimum absolute atomic E-state index is 1.05. The topological polar surface area (TPSA) is 17.8 Å². The van der Waals surface area contributed by atoms with Gasteiger partial charge < -0.3 is 4.57 Å². The lowest BCUT2D eigenvalue weighted by molar-refractivity contribution is 1.18.